The molecule has 5 unspecified atom stereocenters. The Morgan fingerprint density at radius 3 is 2.20 bits per heavy atom. The maximum Gasteiger partial charge on any atom is 0.111 e. The van der Waals surface area contributed by atoms with Crippen molar-refractivity contribution in [3.63, 3.8) is 0 Å². The van der Waals surface area contributed by atoms with Gasteiger partial charge in [-0.2, -0.15) is 12.6 Å². The van der Waals surface area contributed by atoms with Gasteiger partial charge in [-0.1, -0.05) is 19.8 Å². The largest absolute Gasteiger partial charge is 0.388 e. The van der Waals surface area contributed by atoms with Crippen LogP contribution in [0.3, 0.4) is 0 Å². The van der Waals surface area contributed by atoms with Crippen LogP contribution in [0.1, 0.15) is 26.2 Å². The van der Waals surface area contributed by atoms with Gasteiger partial charge in [0.15, 0.2) is 0 Å². The van der Waals surface area contributed by atoms with Crippen LogP contribution in [0.5, 0.6) is 0 Å². The monoisotopic (exact) mass is 236 g/mol. The summed E-state index contributed by atoms with van der Waals surface area (Å²) in [5.74, 6) is 0.341. The first-order chi connectivity index (χ1) is 7.11. The third-order valence-electron chi connectivity index (χ3n) is 2.83. The van der Waals surface area contributed by atoms with Crippen LogP contribution < -0.4 is 0 Å². The Kier molecular flexibility index (Phi) is 5.35. The Morgan fingerprint density at radius 2 is 1.67 bits per heavy atom. The van der Waals surface area contributed by atoms with Crippen LogP contribution in [0, 0.1) is 0 Å². The lowest BCUT2D eigenvalue weighted by Crippen LogP contribution is -2.57. The molecule has 0 spiro atoms. The molecule has 0 aromatic rings. The summed E-state index contributed by atoms with van der Waals surface area (Å²) >= 11 is 4.05. The molecule has 1 heterocycles. The van der Waals surface area contributed by atoms with Gasteiger partial charge in [-0.3, -0.25) is 0 Å². The van der Waals surface area contributed by atoms with E-state index in [9.17, 15) is 15.3 Å². The third-order valence-corrected chi connectivity index (χ3v) is 3.19. The molecule has 5 atom stereocenters. The molecule has 15 heavy (non-hydrogen) atoms. The normalized spacial score (nSPS) is 41.8. The molecular weight excluding hydrogens is 216 g/mol. The van der Waals surface area contributed by atoms with Crippen molar-refractivity contribution >= 4 is 12.6 Å². The zero-order chi connectivity index (χ0) is 11.4. The topological polar surface area (TPSA) is 69.9 Å². The second-order valence-electron chi connectivity index (χ2n) is 4.01. The fourth-order valence-electron chi connectivity index (χ4n) is 1.82. The number of thiol groups is 1. The van der Waals surface area contributed by atoms with Gasteiger partial charge in [0.2, 0.25) is 0 Å². The first-order valence-corrected chi connectivity index (χ1v) is 6.05. The Hall–Kier alpha value is 0.190. The zero-order valence-electron chi connectivity index (χ0n) is 8.91. The SMILES string of the molecule is CCCCC1OC(CS)C(O)C(O)C1O. The number of ether oxygens (including phenoxy) is 1. The van der Waals surface area contributed by atoms with Crippen molar-refractivity contribution in [3.05, 3.63) is 0 Å². The van der Waals surface area contributed by atoms with E-state index in [4.69, 9.17) is 4.74 Å². The fraction of sp³-hybridized carbons (Fsp3) is 1.00. The van der Waals surface area contributed by atoms with Crippen molar-refractivity contribution in [2.24, 2.45) is 0 Å². The highest BCUT2D eigenvalue weighted by molar-refractivity contribution is 7.80. The Balaban J connectivity index is 2.57. The summed E-state index contributed by atoms with van der Waals surface area (Å²) in [6.07, 6.45) is -1.41. The maximum absolute atomic E-state index is 9.69. The number of hydrogen-bond donors (Lipinski definition) is 4. The molecule has 0 aromatic carbocycles. The molecule has 3 N–H and O–H groups in total. The van der Waals surface area contributed by atoms with Gasteiger partial charge >= 0.3 is 0 Å². The third kappa shape index (κ3) is 3.07. The van der Waals surface area contributed by atoms with Crippen LogP contribution >= 0.6 is 12.6 Å². The summed E-state index contributed by atoms with van der Waals surface area (Å²) in [7, 11) is 0. The van der Waals surface area contributed by atoms with E-state index < -0.39 is 24.4 Å². The molecule has 1 aliphatic rings. The second kappa shape index (κ2) is 6.06. The predicted molar refractivity (Wildman–Crippen MR) is 60.1 cm³/mol. The standard InChI is InChI=1S/C10H20O4S/c1-2-3-4-6-8(11)10(13)9(12)7(5-15)14-6/h6-13,15H,2-5H2,1H3. The van der Waals surface area contributed by atoms with Gasteiger partial charge in [0.25, 0.3) is 0 Å². The van der Waals surface area contributed by atoms with Crippen molar-refractivity contribution in [1.29, 1.82) is 0 Å². The molecule has 5 heteroatoms. The van der Waals surface area contributed by atoms with Gasteiger partial charge in [-0.25, -0.2) is 0 Å². The van der Waals surface area contributed by atoms with Crippen LogP contribution in [-0.4, -0.2) is 51.6 Å². The first-order valence-electron chi connectivity index (χ1n) is 5.42. The Labute approximate surface area is 95.7 Å². The molecule has 0 radical (unpaired) electrons. The molecule has 1 saturated heterocycles. The molecule has 90 valence electrons. The minimum atomic E-state index is -1.13. The summed E-state index contributed by atoms with van der Waals surface area (Å²) in [6.45, 7) is 2.05. The summed E-state index contributed by atoms with van der Waals surface area (Å²) in [6, 6.07) is 0. The van der Waals surface area contributed by atoms with Crippen molar-refractivity contribution < 1.29 is 20.1 Å². The van der Waals surface area contributed by atoms with Crippen LogP contribution in [0.25, 0.3) is 0 Å². The summed E-state index contributed by atoms with van der Waals surface area (Å²) in [5, 5.41) is 28.9. The molecule has 0 aliphatic carbocycles. The molecule has 0 bridgehead atoms. The van der Waals surface area contributed by atoms with E-state index in [0.717, 1.165) is 12.8 Å². The highest BCUT2D eigenvalue weighted by atomic mass is 32.1. The van der Waals surface area contributed by atoms with Gasteiger partial charge < -0.3 is 20.1 Å². The molecule has 4 nitrogen and oxygen atoms in total. The van der Waals surface area contributed by atoms with E-state index in [1.54, 1.807) is 0 Å². The minimum absolute atomic E-state index is 0.341. The molecular formula is C10H20O4S. The van der Waals surface area contributed by atoms with Crippen molar-refractivity contribution in [3.8, 4) is 0 Å². The molecule has 0 aromatic heterocycles. The number of unbranched alkanes of at least 4 members (excludes halogenated alkanes) is 1. The number of hydrogen-bond acceptors (Lipinski definition) is 5. The highest BCUT2D eigenvalue weighted by Crippen LogP contribution is 2.24. The van der Waals surface area contributed by atoms with E-state index >= 15 is 0 Å². The minimum Gasteiger partial charge on any atom is -0.388 e. The van der Waals surface area contributed by atoms with Gasteiger partial charge in [0.05, 0.1) is 12.2 Å². The predicted octanol–water partition coefficient (Wildman–Crippen LogP) is -0.0435. The Morgan fingerprint density at radius 1 is 1.07 bits per heavy atom. The summed E-state index contributed by atoms with van der Waals surface area (Å²) in [4.78, 5) is 0. The lowest BCUT2D eigenvalue weighted by molar-refractivity contribution is -0.217. The summed E-state index contributed by atoms with van der Waals surface area (Å²) < 4.78 is 5.50. The quantitative estimate of drug-likeness (QED) is 0.517. The molecule has 0 amide bonds. The molecule has 1 rings (SSSR count). The molecule has 1 aliphatic heterocycles. The van der Waals surface area contributed by atoms with Crippen LogP contribution in [0.15, 0.2) is 0 Å². The Bertz CT molecular complexity index is 188. The van der Waals surface area contributed by atoms with E-state index in [1.807, 2.05) is 0 Å². The first kappa shape index (κ1) is 13.3. The second-order valence-corrected chi connectivity index (χ2v) is 4.37. The number of aliphatic hydroxyl groups is 3. The highest BCUT2D eigenvalue weighted by Gasteiger charge is 2.42. The van der Waals surface area contributed by atoms with Gasteiger partial charge in [-0.15, -0.1) is 0 Å². The number of rotatable bonds is 4. The average molecular weight is 236 g/mol. The van der Waals surface area contributed by atoms with Gasteiger partial charge in [0, 0.05) is 5.75 Å². The van der Waals surface area contributed by atoms with Crippen LogP contribution in [0.2, 0.25) is 0 Å². The van der Waals surface area contributed by atoms with E-state index in [0.29, 0.717) is 12.2 Å². The number of aliphatic hydroxyl groups excluding tert-OH is 3. The molecule has 0 saturated carbocycles. The average Bonchev–Trinajstić information content (AvgIpc) is 2.25. The van der Waals surface area contributed by atoms with E-state index in [2.05, 4.69) is 19.6 Å². The molecule has 1 fully saturated rings. The lowest BCUT2D eigenvalue weighted by atomic mass is 9.93. The van der Waals surface area contributed by atoms with Gasteiger partial charge in [-0.05, 0) is 6.42 Å². The summed E-state index contributed by atoms with van der Waals surface area (Å²) in [5.41, 5.74) is 0. The fourth-order valence-corrected chi connectivity index (χ4v) is 2.12. The van der Waals surface area contributed by atoms with Crippen molar-refractivity contribution in [1.82, 2.24) is 0 Å². The lowest BCUT2D eigenvalue weighted by Gasteiger charge is -2.40. The van der Waals surface area contributed by atoms with E-state index in [-0.39, 0.29) is 6.10 Å². The zero-order valence-corrected chi connectivity index (χ0v) is 9.81. The van der Waals surface area contributed by atoms with Gasteiger partial charge in [0.1, 0.15) is 18.3 Å². The maximum atomic E-state index is 9.69. The van der Waals surface area contributed by atoms with Crippen LogP contribution in [-0.2, 0) is 4.74 Å². The smallest absolute Gasteiger partial charge is 0.111 e. The van der Waals surface area contributed by atoms with E-state index in [1.165, 1.54) is 0 Å². The van der Waals surface area contributed by atoms with Crippen molar-refractivity contribution in [2.45, 2.75) is 56.7 Å². The van der Waals surface area contributed by atoms with Crippen molar-refractivity contribution in [2.75, 3.05) is 5.75 Å². The van der Waals surface area contributed by atoms with Crippen LogP contribution in [0.4, 0.5) is 0 Å².